The zero-order chi connectivity index (χ0) is 17.2. The molecule has 1 aromatic carbocycles. The highest BCUT2D eigenvalue weighted by atomic mass is 16.3. The van der Waals surface area contributed by atoms with E-state index in [2.05, 4.69) is 5.32 Å². The third kappa shape index (κ3) is 2.21. The van der Waals surface area contributed by atoms with Crippen molar-refractivity contribution in [3.05, 3.63) is 30.0 Å². The second kappa shape index (κ2) is 5.10. The second-order valence-electron chi connectivity index (χ2n) is 8.32. The summed E-state index contributed by atoms with van der Waals surface area (Å²) in [6.45, 7) is 0. The number of fused-ring (bicyclic) bond motifs is 1. The summed E-state index contributed by atoms with van der Waals surface area (Å²) in [6, 6.07) is 7.33. The van der Waals surface area contributed by atoms with Gasteiger partial charge in [0.2, 0.25) is 11.7 Å². The molecule has 1 aromatic heterocycles. The molecule has 2 aromatic rings. The number of primary amides is 1. The lowest BCUT2D eigenvalue weighted by Gasteiger charge is -2.55. The predicted octanol–water partition coefficient (Wildman–Crippen LogP) is 3.69. The number of amides is 2. The molecule has 0 unspecified atom stereocenters. The van der Waals surface area contributed by atoms with Crippen LogP contribution in [0.2, 0.25) is 0 Å². The molecule has 0 spiro atoms. The molecular weight excluding hydrogens is 316 g/mol. The van der Waals surface area contributed by atoms with Crippen molar-refractivity contribution in [2.45, 2.75) is 38.5 Å². The van der Waals surface area contributed by atoms with Gasteiger partial charge in [0.1, 0.15) is 11.3 Å². The molecule has 5 nitrogen and oxygen atoms in total. The van der Waals surface area contributed by atoms with Gasteiger partial charge in [-0.25, -0.2) is 0 Å². The minimum absolute atomic E-state index is 0.0410. The Morgan fingerprint density at radius 2 is 1.64 bits per heavy atom. The van der Waals surface area contributed by atoms with Crippen molar-refractivity contribution in [3.63, 3.8) is 0 Å². The number of nitrogens with two attached hydrogens (primary N) is 1. The molecule has 4 fully saturated rings. The first-order valence-corrected chi connectivity index (χ1v) is 9.17. The minimum atomic E-state index is -0.656. The van der Waals surface area contributed by atoms with E-state index in [1.54, 1.807) is 6.07 Å². The first-order valence-electron chi connectivity index (χ1n) is 9.17. The highest BCUT2D eigenvalue weighted by molar-refractivity contribution is 6.11. The number of furan rings is 1. The van der Waals surface area contributed by atoms with E-state index >= 15 is 0 Å². The highest BCUT2D eigenvalue weighted by Crippen LogP contribution is 2.60. The van der Waals surface area contributed by atoms with Gasteiger partial charge in [-0.1, -0.05) is 12.1 Å². The van der Waals surface area contributed by atoms with Crippen molar-refractivity contribution in [3.8, 4) is 0 Å². The van der Waals surface area contributed by atoms with Gasteiger partial charge >= 0.3 is 0 Å². The van der Waals surface area contributed by atoms with Gasteiger partial charge in [-0.05, 0) is 68.4 Å². The zero-order valence-corrected chi connectivity index (χ0v) is 14.1. The number of nitrogens with one attached hydrogen (secondary N) is 1. The number of benzene rings is 1. The number of hydrogen-bond acceptors (Lipinski definition) is 3. The molecule has 2 amide bonds. The summed E-state index contributed by atoms with van der Waals surface area (Å²) < 4.78 is 5.59. The summed E-state index contributed by atoms with van der Waals surface area (Å²) in [4.78, 5) is 25.1. The van der Waals surface area contributed by atoms with Crippen molar-refractivity contribution in [1.29, 1.82) is 0 Å². The molecule has 3 N–H and O–H groups in total. The number of hydrogen-bond donors (Lipinski definition) is 2. The Bertz CT molecular complexity index is 847. The molecule has 0 aliphatic heterocycles. The van der Waals surface area contributed by atoms with Crippen LogP contribution < -0.4 is 11.1 Å². The van der Waals surface area contributed by atoms with Crippen LogP contribution in [0.15, 0.2) is 28.7 Å². The molecule has 0 saturated heterocycles. The number of rotatable bonds is 3. The maximum Gasteiger partial charge on any atom is 0.286 e. The third-order valence-electron chi connectivity index (χ3n) is 6.58. The molecule has 1 heterocycles. The lowest BCUT2D eigenvalue weighted by molar-refractivity contribution is -0.140. The van der Waals surface area contributed by atoms with Crippen molar-refractivity contribution in [1.82, 2.24) is 0 Å². The zero-order valence-electron chi connectivity index (χ0n) is 14.1. The normalized spacial score (nSPS) is 32.9. The predicted molar refractivity (Wildman–Crippen MR) is 94.0 cm³/mol. The standard InChI is InChI=1S/C20H22N2O3/c21-18(23)17-16(14-3-1-2-4-15(14)25-17)22-19(24)20-8-11-5-12(9-20)7-13(6-11)10-20/h1-4,11-13H,5-10H2,(H2,21,23)(H,22,24). The number of carbonyl (C=O) groups excluding carboxylic acids is 2. The monoisotopic (exact) mass is 338 g/mol. The van der Waals surface area contributed by atoms with Gasteiger partial charge in [0.15, 0.2) is 0 Å². The van der Waals surface area contributed by atoms with Gasteiger partial charge in [-0.3, -0.25) is 9.59 Å². The summed E-state index contributed by atoms with van der Waals surface area (Å²) in [7, 11) is 0. The molecule has 130 valence electrons. The highest BCUT2D eigenvalue weighted by Gasteiger charge is 2.54. The first kappa shape index (κ1) is 15.0. The van der Waals surface area contributed by atoms with E-state index in [1.165, 1.54) is 19.3 Å². The fourth-order valence-corrected chi connectivity index (χ4v) is 5.98. The van der Waals surface area contributed by atoms with Crippen molar-refractivity contribution in [2.75, 3.05) is 5.32 Å². The minimum Gasteiger partial charge on any atom is -0.449 e. The van der Waals surface area contributed by atoms with Crippen LogP contribution in [0.1, 0.15) is 49.1 Å². The number of anilines is 1. The average Bonchev–Trinajstić information content (AvgIpc) is 2.93. The quantitative estimate of drug-likeness (QED) is 0.895. The summed E-state index contributed by atoms with van der Waals surface area (Å²) in [5.41, 5.74) is 6.20. The van der Waals surface area contributed by atoms with Crippen LogP contribution in [0.25, 0.3) is 11.0 Å². The fraction of sp³-hybridized carbons (Fsp3) is 0.500. The molecule has 5 heteroatoms. The molecule has 0 radical (unpaired) electrons. The Labute approximate surface area is 145 Å². The van der Waals surface area contributed by atoms with Crippen LogP contribution in [0.4, 0.5) is 5.69 Å². The molecule has 4 aliphatic rings. The Kier molecular flexibility index (Phi) is 3.06. The van der Waals surface area contributed by atoms with Crippen molar-refractivity contribution in [2.24, 2.45) is 28.9 Å². The van der Waals surface area contributed by atoms with Crippen LogP contribution in [0.3, 0.4) is 0 Å². The Hall–Kier alpha value is -2.30. The van der Waals surface area contributed by atoms with Crippen LogP contribution in [0, 0.1) is 23.2 Å². The average molecular weight is 338 g/mol. The largest absolute Gasteiger partial charge is 0.449 e. The van der Waals surface area contributed by atoms with E-state index in [9.17, 15) is 9.59 Å². The maximum atomic E-state index is 13.3. The van der Waals surface area contributed by atoms with Gasteiger partial charge in [0.25, 0.3) is 5.91 Å². The maximum absolute atomic E-state index is 13.3. The number of carbonyl (C=O) groups is 2. The Balaban J connectivity index is 1.52. The molecule has 6 rings (SSSR count). The van der Waals surface area contributed by atoms with Crippen LogP contribution in [-0.2, 0) is 4.79 Å². The van der Waals surface area contributed by atoms with Gasteiger partial charge in [0, 0.05) is 5.39 Å². The van der Waals surface area contributed by atoms with E-state index in [1.807, 2.05) is 18.2 Å². The van der Waals surface area contributed by atoms with Crippen LogP contribution in [0.5, 0.6) is 0 Å². The van der Waals surface area contributed by atoms with Crippen molar-refractivity contribution >= 4 is 28.5 Å². The SMILES string of the molecule is NC(=O)c1oc2ccccc2c1NC(=O)C12CC3CC(CC(C3)C1)C2. The Morgan fingerprint density at radius 3 is 2.24 bits per heavy atom. The van der Waals surface area contributed by atoms with Gasteiger partial charge < -0.3 is 15.5 Å². The number of para-hydroxylation sites is 1. The summed E-state index contributed by atoms with van der Waals surface area (Å²) in [6.07, 6.45) is 6.79. The lowest BCUT2D eigenvalue weighted by atomic mass is 9.49. The van der Waals surface area contributed by atoms with Crippen molar-refractivity contribution < 1.29 is 14.0 Å². The van der Waals surface area contributed by atoms with Gasteiger partial charge in [0.05, 0.1) is 5.41 Å². The Morgan fingerprint density at radius 1 is 1.04 bits per heavy atom. The van der Waals surface area contributed by atoms with Gasteiger partial charge in [-0.15, -0.1) is 0 Å². The molecule has 4 aliphatic carbocycles. The fourth-order valence-electron chi connectivity index (χ4n) is 5.98. The first-order chi connectivity index (χ1) is 12.0. The van der Waals surface area contributed by atoms with Crippen LogP contribution >= 0.6 is 0 Å². The van der Waals surface area contributed by atoms with E-state index in [0.29, 0.717) is 29.0 Å². The third-order valence-corrected chi connectivity index (χ3v) is 6.58. The van der Waals surface area contributed by atoms with E-state index in [0.717, 1.165) is 24.6 Å². The molecule has 25 heavy (non-hydrogen) atoms. The molecule has 0 atom stereocenters. The topological polar surface area (TPSA) is 85.3 Å². The van der Waals surface area contributed by atoms with E-state index in [-0.39, 0.29) is 17.1 Å². The smallest absolute Gasteiger partial charge is 0.286 e. The molecule has 4 bridgehead atoms. The lowest BCUT2D eigenvalue weighted by Crippen LogP contribution is -2.51. The van der Waals surface area contributed by atoms with Gasteiger partial charge in [-0.2, -0.15) is 0 Å². The molecule has 4 saturated carbocycles. The summed E-state index contributed by atoms with van der Waals surface area (Å²) in [5, 5.41) is 3.77. The summed E-state index contributed by atoms with van der Waals surface area (Å²) >= 11 is 0. The van der Waals surface area contributed by atoms with Crippen LogP contribution in [-0.4, -0.2) is 11.8 Å². The van der Waals surface area contributed by atoms with E-state index < -0.39 is 5.91 Å². The second-order valence-corrected chi connectivity index (χ2v) is 8.32. The molecular formula is C20H22N2O3. The summed E-state index contributed by atoms with van der Waals surface area (Å²) in [5.74, 6) is 1.49. The van der Waals surface area contributed by atoms with E-state index in [4.69, 9.17) is 10.2 Å².